The summed E-state index contributed by atoms with van der Waals surface area (Å²) >= 11 is 0. The number of unbranched alkanes of at least 4 members (excludes halogenated alkanes) is 58. The lowest BCUT2D eigenvalue weighted by molar-refractivity contribution is -0.870. The van der Waals surface area contributed by atoms with Crippen molar-refractivity contribution in [2.45, 2.75) is 418 Å². The van der Waals surface area contributed by atoms with E-state index in [9.17, 15) is 19.0 Å². The van der Waals surface area contributed by atoms with Crippen LogP contribution in [0.2, 0.25) is 0 Å². The Balaban J connectivity index is 3.86. The van der Waals surface area contributed by atoms with Crippen molar-refractivity contribution < 1.29 is 42.1 Å². The zero-order valence-electron chi connectivity index (χ0n) is 57.4. The minimum absolute atomic E-state index is 0.0248. The molecule has 10 heteroatoms. The van der Waals surface area contributed by atoms with Crippen molar-refractivity contribution in [1.29, 1.82) is 0 Å². The lowest BCUT2D eigenvalue weighted by Crippen LogP contribution is -2.37. The van der Waals surface area contributed by atoms with Crippen molar-refractivity contribution >= 4 is 19.8 Å². The molecule has 0 aliphatic carbocycles. The Labute approximate surface area is 524 Å². The third kappa shape index (κ3) is 70.1. The molecule has 0 radical (unpaired) electrons. The number of phosphoric ester groups is 1. The maximum absolute atomic E-state index is 12.9. The van der Waals surface area contributed by atoms with Gasteiger partial charge in [-0.3, -0.25) is 14.2 Å². The van der Waals surface area contributed by atoms with E-state index in [1.807, 2.05) is 21.1 Å². The number of carbonyl (C=O) groups excluding carboxylic acids is 2. The van der Waals surface area contributed by atoms with Gasteiger partial charge in [-0.15, -0.1) is 0 Å². The second-order valence-electron chi connectivity index (χ2n) is 27.4. The van der Waals surface area contributed by atoms with Crippen molar-refractivity contribution in [2.75, 3.05) is 47.5 Å². The van der Waals surface area contributed by atoms with Crippen LogP contribution < -0.4 is 4.89 Å². The molecular formula is C74H148NO8P. The lowest BCUT2D eigenvalue weighted by Gasteiger charge is -2.28. The Bertz CT molecular complexity index is 1370. The number of likely N-dealkylation sites (N-methyl/N-ethyl adjacent to an activating group) is 1. The number of rotatable bonds is 72. The monoisotopic (exact) mass is 1210 g/mol. The number of ether oxygens (including phenoxy) is 2. The summed E-state index contributed by atoms with van der Waals surface area (Å²) in [5.41, 5.74) is 0. The van der Waals surface area contributed by atoms with Crippen LogP contribution in [-0.4, -0.2) is 70.0 Å². The molecule has 0 fully saturated rings. The molecule has 0 saturated carbocycles. The van der Waals surface area contributed by atoms with Gasteiger partial charge < -0.3 is 27.9 Å². The van der Waals surface area contributed by atoms with Gasteiger partial charge in [0.15, 0.2) is 6.10 Å². The summed E-state index contributed by atoms with van der Waals surface area (Å²) in [6.07, 6.45) is 80.8. The maximum atomic E-state index is 12.9. The maximum Gasteiger partial charge on any atom is 0.306 e. The first-order valence-electron chi connectivity index (χ1n) is 37.7. The molecule has 0 amide bonds. The van der Waals surface area contributed by atoms with E-state index in [-0.39, 0.29) is 32.0 Å². The van der Waals surface area contributed by atoms with Crippen LogP contribution >= 0.6 is 7.82 Å². The summed E-state index contributed by atoms with van der Waals surface area (Å²) < 4.78 is 34.4. The van der Waals surface area contributed by atoms with Crippen LogP contribution in [0.15, 0.2) is 0 Å². The highest BCUT2D eigenvalue weighted by molar-refractivity contribution is 7.45. The number of nitrogens with zero attached hydrogens (tertiary/aromatic N) is 1. The number of esters is 2. The van der Waals surface area contributed by atoms with Crippen LogP contribution in [0.25, 0.3) is 0 Å². The standard InChI is InChI=1S/C74H148NO8P/c1-6-8-10-12-14-16-18-20-22-24-26-28-29-30-31-32-33-34-35-36-37-38-39-40-41-42-43-44-45-47-49-51-53-55-57-59-61-63-65-67-74(77)83-72(71-82-84(78,79)81-69-68-75(3,4)5)70-80-73(76)66-64-62-60-58-56-54-52-50-48-46-27-25-23-21-19-17-15-13-11-9-7-2/h72H,6-71H2,1-5H3. The van der Waals surface area contributed by atoms with Crippen LogP contribution in [0.3, 0.4) is 0 Å². The molecule has 2 atom stereocenters. The van der Waals surface area contributed by atoms with Crippen molar-refractivity contribution in [2.24, 2.45) is 0 Å². The Morgan fingerprint density at radius 3 is 0.762 bits per heavy atom. The SMILES string of the molecule is CCCCCCCCCCCCCCCCCCCCCCCCCCCCCCCCCCCCCCCCCC(=O)OC(COC(=O)CCCCCCCCCCCCCCCCCCCCCCC)COP(=O)([O-])OCC[N+](C)(C)C. The van der Waals surface area contributed by atoms with Crippen molar-refractivity contribution in [3.05, 3.63) is 0 Å². The minimum atomic E-state index is -4.63. The van der Waals surface area contributed by atoms with Gasteiger partial charge in [0, 0.05) is 12.8 Å². The Hall–Kier alpha value is -0.990. The average Bonchev–Trinajstić information content (AvgIpc) is 3.61. The zero-order chi connectivity index (χ0) is 61.2. The second kappa shape index (κ2) is 66.4. The van der Waals surface area contributed by atoms with E-state index < -0.39 is 26.5 Å². The second-order valence-corrected chi connectivity index (χ2v) is 28.8. The van der Waals surface area contributed by atoms with E-state index in [1.54, 1.807) is 0 Å². The van der Waals surface area contributed by atoms with E-state index in [2.05, 4.69) is 13.8 Å². The number of hydrogen-bond acceptors (Lipinski definition) is 8. The molecule has 0 saturated heterocycles. The molecule has 0 aromatic heterocycles. The van der Waals surface area contributed by atoms with E-state index in [1.165, 1.54) is 347 Å². The number of quaternary nitrogens is 1. The first kappa shape index (κ1) is 83.0. The van der Waals surface area contributed by atoms with Crippen LogP contribution in [-0.2, 0) is 32.7 Å². The smallest absolute Gasteiger partial charge is 0.306 e. The van der Waals surface area contributed by atoms with Gasteiger partial charge in [0.1, 0.15) is 19.8 Å². The van der Waals surface area contributed by atoms with E-state index in [0.29, 0.717) is 17.4 Å². The van der Waals surface area contributed by atoms with Gasteiger partial charge in [-0.05, 0) is 12.8 Å². The first-order valence-corrected chi connectivity index (χ1v) is 39.2. The van der Waals surface area contributed by atoms with Gasteiger partial charge in [-0.1, -0.05) is 386 Å². The minimum Gasteiger partial charge on any atom is -0.756 e. The van der Waals surface area contributed by atoms with Gasteiger partial charge in [-0.2, -0.15) is 0 Å². The highest BCUT2D eigenvalue weighted by Crippen LogP contribution is 2.38. The largest absolute Gasteiger partial charge is 0.756 e. The summed E-state index contributed by atoms with van der Waals surface area (Å²) in [7, 11) is 1.20. The molecule has 0 spiro atoms. The normalized spacial score (nSPS) is 13.0. The summed E-state index contributed by atoms with van der Waals surface area (Å²) in [5.74, 6) is -0.803. The van der Waals surface area contributed by atoms with E-state index in [0.717, 1.165) is 32.1 Å². The summed E-state index contributed by atoms with van der Waals surface area (Å²) in [4.78, 5) is 38.1. The summed E-state index contributed by atoms with van der Waals surface area (Å²) in [6, 6.07) is 0. The van der Waals surface area contributed by atoms with Gasteiger partial charge in [-0.25, -0.2) is 0 Å². The molecule has 0 aliphatic rings. The van der Waals surface area contributed by atoms with Gasteiger partial charge in [0.2, 0.25) is 0 Å². The Morgan fingerprint density at radius 1 is 0.321 bits per heavy atom. The predicted molar refractivity (Wildman–Crippen MR) is 361 cm³/mol. The molecule has 0 aliphatic heterocycles. The van der Waals surface area contributed by atoms with E-state index >= 15 is 0 Å². The topological polar surface area (TPSA) is 111 Å². The quantitative estimate of drug-likeness (QED) is 0.0256. The molecule has 0 aromatic carbocycles. The van der Waals surface area contributed by atoms with Crippen molar-refractivity contribution in [3.63, 3.8) is 0 Å². The average molecular weight is 1210 g/mol. The Morgan fingerprint density at radius 2 is 0.536 bits per heavy atom. The molecule has 84 heavy (non-hydrogen) atoms. The molecule has 0 N–H and O–H groups in total. The molecule has 0 heterocycles. The first-order chi connectivity index (χ1) is 41.0. The zero-order valence-corrected chi connectivity index (χ0v) is 58.3. The number of carbonyl (C=O) groups is 2. The van der Waals surface area contributed by atoms with Gasteiger partial charge >= 0.3 is 11.9 Å². The molecular weight excluding hydrogens is 1060 g/mol. The van der Waals surface area contributed by atoms with Crippen LogP contribution in [0, 0.1) is 0 Å². The molecule has 9 nitrogen and oxygen atoms in total. The van der Waals surface area contributed by atoms with Gasteiger partial charge in [0.25, 0.3) is 7.82 Å². The van der Waals surface area contributed by atoms with Crippen LogP contribution in [0.5, 0.6) is 0 Å². The Kier molecular flexibility index (Phi) is 65.6. The molecule has 0 aromatic rings. The third-order valence-electron chi connectivity index (χ3n) is 17.6. The summed E-state index contributed by atoms with van der Waals surface area (Å²) in [5, 5.41) is 0. The number of phosphoric acid groups is 1. The van der Waals surface area contributed by atoms with Crippen molar-refractivity contribution in [1.82, 2.24) is 0 Å². The fraction of sp³-hybridized carbons (Fsp3) is 0.973. The fourth-order valence-electron chi connectivity index (χ4n) is 11.8. The molecule has 0 bridgehead atoms. The predicted octanol–water partition coefficient (Wildman–Crippen LogP) is 23.9. The van der Waals surface area contributed by atoms with Gasteiger partial charge in [0.05, 0.1) is 27.7 Å². The molecule has 2 unspecified atom stereocenters. The lowest BCUT2D eigenvalue weighted by atomic mass is 10.0. The highest BCUT2D eigenvalue weighted by Gasteiger charge is 2.22. The molecule has 0 rings (SSSR count). The van der Waals surface area contributed by atoms with Crippen LogP contribution in [0.4, 0.5) is 0 Å². The fourth-order valence-corrected chi connectivity index (χ4v) is 12.6. The van der Waals surface area contributed by atoms with E-state index in [4.69, 9.17) is 18.5 Å². The summed E-state index contributed by atoms with van der Waals surface area (Å²) in [6.45, 7) is 4.34. The molecule has 502 valence electrons. The third-order valence-corrected chi connectivity index (χ3v) is 18.6. The van der Waals surface area contributed by atoms with Crippen molar-refractivity contribution in [3.8, 4) is 0 Å². The highest BCUT2D eigenvalue weighted by atomic mass is 31.2. The number of hydrogen-bond donors (Lipinski definition) is 0. The van der Waals surface area contributed by atoms with Crippen LogP contribution in [0.1, 0.15) is 412 Å².